The molecule has 0 radical (unpaired) electrons. The molecule has 1 saturated heterocycles. The molecule has 5 rings (SSSR count). The molecule has 1 N–H and O–H groups in total. The predicted octanol–water partition coefficient (Wildman–Crippen LogP) is 6.91. The van der Waals surface area contributed by atoms with Gasteiger partial charge in [-0.05, 0) is 85.1 Å². The number of carbonyl (C=O) groups is 1. The van der Waals surface area contributed by atoms with Crippen molar-refractivity contribution in [3.05, 3.63) is 95.1 Å². The summed E-state index contributed by atoms with van der Waals surface area (Å²) in [6.07, 6.45) is -3.60. The van der Waals surface area contributed by atoms with Gasteiger partial charge in [0.15, 0.2) is 0 Å². The molecule has 0 aliphatic carbocycles. The first-order chi connectivity index (χ1) is 20.3. The molecular formula is C30H27F7N4O2. The van der Waals surface area contributed by atoms with Crippen molar-refractivity contribution in [2.24, 2.45) is 0 Å². The van der Waals surface area contributed by atoms with Gasteiger partial charge < -0.3 is 10.1 Å². The molecule has 43 heavy (non-hydrogen) atoms. The summed E-state index contributed by atoms with van der Waals surface area (Å²) in [5.74, 6) is -0.719. The maximum Gasteiger partial charge on any atom is 0.573 e. The van der Waals surface area contributed by atoms with Gasteiger partial charge in [0.1, 0.15) is 17.3 Å². The molecule has 0 saturated carbocycles. The molecule has 6 nitrogen and oxygen atoms in total. The number of benzene rings is 2. The van der Waals surface area contributed by atoms with Crippen molar-refractivity contribution in [1.82, 2.24) is 15.2 Å². The molecular weight excluding hydrogens is 581 g/mol. The highest BCUT2D eigenvalue weighted by molar-refractivity contribution is 5.95. The van der Waals surface area contributed by atoms with E-state index in [0.717, 1.165) is 23.9 Å². The van der Waals surface area contributed by atoms with Crippen LogP contribution in [0.3, 0.4) is 0 Å². The Morgan fingerprint density at radius 1 is 1.00 bits per heavy atom. The minimum Gasteiger partial charge on any atom is -0.406 e. The van der Waals surface area contributed by atoms with E-state index in [2.05, 4.69) is 19.9 Å². The highest BCUT2D eigenvalue weighted by Gasteiger charge is 2.47. The Morgan fingerprint density at radius 2 is 1.72 bits per heavy atom. The van der Waals surface area contributed by atoms with Crippen LogP contribution >= 0.6 is 0 Å². The number of nitrogens with zero attached hydrogens (tertiary/aromatic N) is 3. The molecule has 1 aromatic heterocycles. The Balaban J connectivity index is 1.30. The van der Waals surface area contributed by atoms with Crippen LogP contribution in [0.2, 0.25) is 0 Å². The van der Waals surface area contributed by atoms with E-state index in [1.165, 1.54) is 35.2 Å². The number of anilines is 1. The average molecular weight is 609 g/mol. The fourth-order valence-corrected chi connectivity index (χ4v) is 5.54. The van der Waals surface area contributed by atoms with Crippen molar-refractivity contribution in [2.75, 3.05) is 31.1 Å². The van der Waals surface area contributed by atoms with Crippen LogP contribution in [0.15, 0.2) is 66.9 Å². The number of halogens is 7. The number of fused-ring (bicyclic) bond motifs is 2. The van der Waals surface area contributed by atoms with Crippen LogP contribution in [0.5, 0.6) is 5.75 Å². The topological polar surface area (TPSA) is 57.7 Å². The molecule has 3 aromatic rings. The molecule has 0 unspecified atom stereocenters. The Labute approximate surface area is 242 Å². The number of aromatic nitrogens is 1. The lowest BCUT2D eigenvalue weighted by atomic mass is 9.74. The van der Waals surface area contributed by atoms with Crippen molar-refractivity contribution >= 4 is 17.8 Å². The number of likely N-dealkylation sites (tertiary alicyclic amines) is 1. The molecule has 13 heteroatoms. The van der Waals surface area contributed by atoms with E-state index >= 15 is 0 Å². The lowest BCUT2D eigenvalue weighted by Crippen LogP contribution is -2.47. The van der Waals surface area contributed by atoms with E-state index in [1.54, 1.807) is 12.1 Å². The standard InChI is InChI=1S/C30H27F7N4O2/c31-22-5-3-20(4-6-22)2-1-13-40-14-10-28(11-15-40)19-41(25-8-7-23(17-24(25)28)43-30(35,36)37)27(42)39-18-21-9-12-38-26(16-21)29(32,33)34/h1-9,12,16-17H,10-11,13-15,18-19H2,(H,39,42)/b2-1+. The van der Waals surface area contributed by atoms with Gasteiger partial charge in [0.05, 0.1) is 0 Å². The second kappa shape index (κ2) is 11.9. The van der Waals surface area contributed by atoms with Gasteiger partial charge in [-0.1, -0.05) is 24.3 Å². The van der Waals surface area contributed by atoms with Crippen LogP contribution in [0, 0.1) is 5.82 Å². The molecule has 0 bridgehead atoms. The van der Waals surface area contributed by atoms with Crippen molar-refractivity contribution in [1.29, 1.82) is 0 Å². The molecule has 0 atom stereocenters. The lowest BCUT2D eigenvalue weighted by Gasteiger charge is -2.39. The first-order valence-corrected chi connectivity index (χ1v) is 13.4. The van der Waals surface area contributed by atoms with Gasteiger partial charge in [-0.3, -0.25) is 14.8 Å². The Hall–Kier alpha value is -4.13. The molecule has 2 amide bonds. The first kappa shape index (κ1) is 30.3. The summed E-state index contributed by atoms with van der Waals surface area (Å²) in [7, 11) is 0. The van der Waals surface area contributed by atoms with Gasteiger partial charge in [-0.2, -0.15) is 13.2 Å². The highest BCUT2D eigenvalue weighted by Crippen LogP contribution is 2.48. The molecule has 1 fully saturated rings. The van der Waals surface area contributed by atoms with Gasteiger partial charge in [0, 0.05) is 36.9 Å². The van der Waals surface area contributed by atoms with E-state index in [4.69, 9.17) is 0 Å². The zero-order valence-corrected chi connectivity index (χ0v) is 22.7. The summed E-state index contributed by atoms with van der Waals surface area (Å²) < 4.78 is 95.5. The van der Waals surface area contributed by atoms with Gasteiger partial charge >= 0.3 is 18.6 Å². The fourth-order valence-electron chi connectivity index (χ4n) is 5.54. The van der Waals surface area contributed by atoms with Crippen LogP contribution in [-0.4, -0.2) is 48.5 Å². The van der Waals surface area contributed by atoms with Crippen LogP contribution in [0.1, 0.15) is 35.2 Å². The summed E-state index contributed by atoms with van der Waals surface area (Å²) in [4.78, 5) is 20.2. The minimum absolute atomic E-state index is 0.188. The summed E-state index contributed by atoms with van der Waals surface area (Å²) in [6, 6.07) is 11.5. The van der Waals surface area contributed by atoms with Gasteiger partial charge in [-0.25, -0.2) is 9.18 Å². The smallest absolute Gasteiger partial charge is 0.406 e. The lowest BCUT2D eigenvalue weighted by molar-refractivity contribution is -0.274. The number of hydrogen-bond donors (Lipinski definition) is 1. The van der Waals surface area contributed by atoms with E-state index in [-0.39, 0.29) is 24.5 Å². The largest absolute Gasteiger partial charge is 0.573 e. The van der Waals surface area contributed by atoms with E-state index < -0.39 is 35.4 Å². The fraction of sp³-hybridized carbons (Fsp3) is 0.333. The van der Waals surface area contributed by atoms with Crippen molar-refractivity contribution in [3.63, 3.8) is 0 Å². The van der Waals surface area contributed by atoms with Crippen LogP contribution in [0.25, 0.3) is 6.08 Å². The molecule has 2 aliphatic heterocycles. The number of hydrogen-bond acceptors (Lipinski definition) is 4. The molecule has 3 heterocycles. The number of piperidine rings is 1. The Morgan fingerprint density at radius 3 is 2.40 bits per heavy atom. The van der Waals surface area contributed by atoms with Crippen molar-refractivity contribution in [3.8, 4) is 5.75 Å². The van der Waals surface area contributed by atoms with Crippen molar-refractivity contribution in [2.45, 2.75) is 37.3 Å². The van der Waals surface area contributed by atoms with Crippen LogP contribution < -0.4 is 15.0 Å². The summed E-state index contributed by atoms with van der Waals surface area (Å²) in [6.45, 7) is 1.79. The number of urea groups is 1. The number of nitrogens with one attached hydrogen (secondary N) is 1. The number of pyridine rings is 1. The second-order valence-electron chi connectivity index (χ2n) is 10.6. The minimum atomic E-state index is -4.89. The van der Waals surface area contributed by atoms with Crippen LogP contribution in [0.4, 0.5) is 41.2 Å². The summed E-state index contributed by atoms with van der Waals surface area (Å²) >= 11 is 0. The number of alkyl halides is 6. The third-order valence-electron chi connectivity index (χ3n) is 7.69. The van der Waals surface area contributed by atoms with Gasteiger partial charge in [-0.15, -0.1) is 13.2 Å². The van der Waals surface area contributed by atoms with Crippen molar-refractivity contribution < 1.29 is 40.3 Å². The Kier molecular flexibility index (Phi) is 8.37. The Bertz CT molecular complexity index is 1480. The number of rotatable bonds is 6. The molecule has 2 aliphatic rings. The van der Waals surface area contributed by atoms with E-state index in [0.29, 0.717) is 43.7 Å². The quantitative estimate of drug-likeness (QED) is 0.309. The molecule has 228 valence electrons. The average Bonchev–Trinajstić information content (AvgIpc) is 3.26. The maximum atomic E-state index is 13.3. The van der Waals surface area contributed by atoms with Gasteiger partial charge in [0.2, 0.25) is 0 Å². The summed E-state index contributed by atoms with van der Waals surface area (Å²) in [5, 5.41) is 2.63. The van der Waals surface area contributed by atoms with E-state index in [1.807, 2.05) is 12.2 Å². The monoisotopic (exact) mass is 608 g/mol. The second-order valence-corrected chi connectivity index (χ2v) is 10.6. The zero-order chi connectivity index (χ0) is 30.8. The SMILES string of the molecule is O=C(NCc1ccnc(C(F)(F)F)c1)N1CC2(CCN(C/C=C/c3ccc(F)cc3)CC2)c2cc(OC(F)(F)F)ccc21. The summed E-state index contributed by atoms with van der Waals surface area (Å²) in [5.41, 5.74) is 0.285. The van der Waals surface area contributed by atoms with Crippen LogP contribution in [-0.2, 0) is 18.1 Å². The number of amides is 2. The predicted molar refractivity (Wildman–Crippen MR) is 145 cm³/mol. The number of carbonyl (C=O) groups excluding carboxylic acids is 1. The third-order valence-corrected chi connectivity index (χ3v) is 7.69. The highest BCUT2D eigenvalue weighted by atomic mass is 19.4. The van der Waals surface area contributed by atoms with E-state index in [9.17, 15) is 35.5 Å². The molecule has 2 aromatic carbocycles. The normalized spacial score (nSPS) is 17.0. The third kappa shape index (κ3) is 7.27. The maximum absolute atomic E-state index is 13.3. The zero-order valence-electron chi connectivity index (χ0n) is 22.7. The van der Waals surface area contributed by atoms with Gasteiger partial charge in [0.25, 0.3) is 0 Å². The number of ether oxygens (including phenoxy) is 1. The molecule has 1 spiro atoms. The first-order valence-electron chi connectivity index (χ1n) is 13.4.